The van der Waals surface area contributed by atoms with Crippen LogP contribution in [0, 0.1) is 0 Å². The summed E-state index contributed by atoms with van der Waals surface area (Å²) in [7, 11) is 1.56. The van der Waals surface area contributed by atoms with E-state index < -0.39 is 6.09 Å². The summed E-state index contributed by atoms with van der Waals surface area (Å²) in [5.74, 6) is 0.390. The van der Waals surface area contributed by atoms with Gasteiger partial charge < -0.3 is 25.8 Å². The average Bonchev–Trinajstić information content (AvgIpc) is 2.82. The molecule has 7 nitrogen and oxygen atoms in total. The molecular formula is C24H31N3O4. The lowest BCUT2D eigenvalue weighted by molar-refractivity contribution is 0.0566. The summed E-state index contributed by atoms with van der Waals surface area (Å²) < 4.78 is 10.9. The van der Waals surface area contributed by atoms with Crippen LogP contribution in [-0.4, -0.2) is 44.8 Å². The first-order chi connectivity index (χ1) is 15.1. The van der Waals surface area contributed by atoms with E-state index >= 15 is 0 Å². The Hall–Kier alpha value is -3.06. The number of para-hydroxylation sites is 1. The number of ether oxygens (including phenoxy) is 2. The van der Waals surface area contributed by atoms with Crippen molar-refractivity contribution in [3.63, 3.8) is 0 Å². The molecule has 0 aromatic heterocycles. The predicted molar refractivity (Wildman–Crippen MR) is 119 cm³/mol. The number of rotatable bonds is 8. The summed E-state index contributed by atoms with van der Waals surface area (Å²) in [5, 5.41) is 5.76. The van der Waals surface area contributed by atoms with E-state index in [1.165, 1.54) is 5.56 Å². The smallest absolute Gasteiger partial charge is 0.407 e. The fraction of sp³-hybridized carbons (Fsp3) is 0.417. The van der Waals surface area contributed by atoms with Crippen LogP contribution >= 0.6 is 0 Å². The number of carbonyl (C=O) groups excluding carboxylic acids is 2. The van der Waals surface area contributed by atoms with Crippen molar-refractivity contribution in [2.24, 2.45) is 5.73 Å². The largest absolute Gasteiger partial charge is 0.496 e. The standard InChI is InChI=1S/C24H31N3O4/c1-30-21-10-6-5-9-20(21)22(28)27-17-24(18-7-3-2-4-8-18)13-11-19(12-14-24)31-23(29)26-16-15-25/h2-10,19H,11-17,25H2,1H3,(H,26,29)(H,27,28). The van der Waals surface area contributed by atoms with Crippen molar-refractivity contribution >= 4 is 12.0 Å². The van der Waals surface area contributed by atoms with Gasteiger partial charge in [-0.3, -0.25) is 4.79 Å². The summed E-state index contributed by atoms with van der Waals surface area (Å²) in [4.78, 5) is 24.7. The molecule has 0 unspecified atom stereocenters. The highest BCUT2D eigenvalue weighted by Crippen LogP contribution is 2.40. The van der Waals surface area contributed by atoms with Crippen molar-refractivity contribution in [2.75, 3.05) is 26.7 Å². The Balaban J connectivity index is 1.69. The van der Waals surface area contributed by atoms with Crippen molar-refractivity contribution in [1.29, 1.82) is 0 Å². The Morgan fingerprint density at radius 3 is 2.39 bits per heavy atom. The summed E-state index contributed by atoms with van der Waals surface area (Å²) in [6, 6.07) is 17.4. The minimum Gasteiger partial charge on any atom is -0.496 e. The molecule has 0 heterocycles. The summed E-state index contributed by atoms with van der Waals surface area (Å²) in [6.07, 6.45) is 2.51. The Bertz CT molecular complexity index is 864. The quantitative estimate of drug-likeness (QED) is 0.603. The molecule has 4 N–H and O–H groups in total. The Morgan fingerprint density at radius 2 is 1.71 bits per heavy atom. The van der Waals surface area contributed by atoms with Crippen LogP contribution in [0.2, 0.25) is 0 Å². The second-order valence-corrected chi connectivity index (χ2v) is 7.85. The second-order valence-electron chi connectivity index (χ2n) is 7.85. The number of methoxy groups -OCH3 is 1. The molecule has 1 saturated carbocycles. The molecule has 166 valence electrons. The van der Waals surface area contributed by atoms with E-state index in [0.717, 1.165) is 25.7 Å². The van der Waals surface area contributed by atoms with Gasteiger partial charge in [-0.25, -0.2) is 4.79 Å². The zero-order chi connectivity index (χ0) is 22.1. The maximum Gasteiger partial charge on any atom is 0.407 e. The number of nitrogens with two attached hydrogens (primary N) is 1. The fourth-order valence-corrected chi connectivity index (χ4v) is 4.17. The van der Waals surface area contributed by atoms with Gasteiger partial charge in [0.1, 0.15) is 11.9 Å². The van der Waals surface area contributed by atoms with Crippen molar-refractivity contribution < 1.29 is 19.1 Å². The first-order valence-corrected chi connectivity index (χ1v) is 10.7. The number of hydrogen-bond donors (Lipinski definition) is 3. The molecule has 7 heteroatoms. The van der Waals surface area contributed by atoms with Gasteiger partial charge in [0.2, 0.25) is 0 Å². The monoisotopic (exact) mass is 425 g/mol. The topological polar surface area (TPSA) is 103 Å². The van der Waals surface area contributed by atoms with Crippen LogP contribution < -0.4 is 21.1 Å². The minimum atomic E-state index is -0.424. The van der Waals surface area contributed by atoms with Gasteiger partial charge in [0, 0.05) is 25.0 Å². The molecule has 0 saturated heterocycles. The molecule has 0 atom stereocenters. The van der Waals surface area contributed by atoms with Gasteiger partial charge in [-0.1, -0.05) is 42.5 Å². The van der Waals surface area contributed by atoms with Crippen molar-refractivity contribution in [3.05, 3.63) is 65.7 Å². The van der Waals surface area contributed by atoms with Gasteiger partial charge >= 0.3 is 6.09 Å². The van der Waals surface area contributed by atoms with Gasteiger partial charge in [-0.2, -0.15) is 0 Å². The summed E-state index contributed by atoms with van der Waals surface area (Å²) >= 11 is 0. The highest BCUT2D eigenvalue weighted by Gasteiger charge is 2.38. The highest BCUT2D eigenvalue weighted by atomic mass is 16.6. The van der Waals surface area contributed by atoms with Crippen LogP contribution in [0.15, 0.2) is 54.6 Å². The predicted octanol–water partition coefficient (Wildman–Crippen LogP) is 2.99. The zero-order valence-corrected chi connectivity index (χ0v) is 17.9. The molecule has 2 amide bonds. The maximum absolute atomic E-state index is 12.9. The first kappa shape index (κ1) is 22.6. The molecule has 31 heavy (non-hydrogen) atoms. The lowest BCUT2D eigenvalue weighted by Gasteiger charge is -2.40. The van der Waals surface area contributed by atoms with E-state index in [2.05, 4.69) is 22.8 Å². The Labute approximate surface area is 183 Å². The average molecular weight is 426 g/mol. The maximum atomic E-state index is 12.9. The van der Waals surface area contributed by atoms with E-state index in [0.29, 0.717) is 30.9 Å². The lowest BCUT2D eigenvalue weighted by Crippen LogP contribution is -2.45. The van der Waals surface area contributed by atoms with Gasteiger partial charge in [0.25, 0.3) is 5.91 Å². The van der Waals surface area contributed by atoms with E-state index in [1.54, 1.807) is 19.2 Å². The van der Waals surface area contributed by atoms with E-state index in [1.807, 2.05) is 30.3 Å². The minimum absolute atomic E-state index is 0.139. The van der Waals surface area contributed by atoms with Gasteiger partial charge in [-0.05, 0) is 43.4 Å². The Morgan fingerprint density at radius 1 is 1.03 bits per heavy atom. The van der Waals surface area contributed by atoms with Crippen molar-refractivity contribution in [1.82, 2.24) is 10.6 Å². The molecule has 0 spiro atoms. The van der Waals surface area contributed by atoms with Crippen LogP contribution in [0.3, 0.4) is 0 Å². The molecule has 2 aromatic rings. The molecule has 1 aliphatic rings. The normalized spacial score (nSPS) is 20.5. The van der Waals surface area contributed by atoms with Crippen molar-refractivity contribution in [2.45, 2.75) is 37.2 Å². The van der Waals surface area contributed by atoms with Crippen LogP contribution in [0.1, 0.15) is 41.6 Å². The first-order valence-electron chi connectivity index (χ1n) is 10.7. The zero-order valence-electron chi connectivity index (χ0n) is 17.9. The number of amides is 2. The Kier molecular flexibility index (Phi) is 7.89. The number of benzene rings is 2. The van der Waals surface area contributed by atoms with Crippen molar-refractivity contribution in [3.8, 4) is 5.75 Å². The van der Waals surface area contributed by atoms with Gasteiger partial charge in [-0.15, -0.1) is 0 Å². The number of hydrogen-bond acceptors (Lipinski definition) is 5. The second kappa shape index (κ2) is 10.8. The fourth-order valence-electron chi connectivity index (χ4n) is 4.17. The molecule has 1 aliphatic carbocycles. The molecular weight excluding hydrogens is 394 g/mol. The van der Waals surface area contributed by atoms with Gasteiger partial charge in [0.15, 0.2) is 0 Å². The van der Waals surface area contributed by atoms with Crippen LogP contribution in [0.4, 0.5) is 4.79 Å². The van der Waals surface area contributed by atoms with Crippen LogP contribution in [0.5, 0.6) is 5.75 Å². The van der Waals surface area contributed by atoms with E-state index in [9.17, 15) is 9.59 Å². The number of nitrogens with one attached hydrogen (secondary N) is 2. The molecule has 0 aliphatic heterocycles. The van der Waals surface area contributed by atoms with Crippen LogP contribution in [-0.2, 0) is 10.2 Å². The molecule has 1 fully saturated rings. The molecule has 2 aromatic carbocycles. The lowest BCUT2D eigenvalue weighted by atomic mass is 9.68. The third-order valence-corrected chi connectivity index (χ3v) is 5.90. The molecule has 0 bridgehead atoms. The van der Waals surface area contributed by atoms with Crippen LogP contribution in [0.25, 0.3) is 0 Å². The number of alkyl carbamates (subject to hydrolysis) is 1. The summed E-state index contributed by atoms with van der Waals surface area (Å²) in [6.45, 7) is 1.28. The highest BCUT2D eigenvalue weighted by molar-refractivity contribution is 5.96. The van der Waals surface area contributed by atoms with E-state index in [4.69, 9.17) is 15.2 Å². The van der Waals surface area contributed by atoms with E-state index in [-0.39, 0.29) is 17.4 Å². The number of carbonyl (C=O) groups is 2. The SMILES string of the molecule is COc1ccccc1C(=O)NCC1(c2ccccc2)CCC(OC(=O)NCCN)CC1. The third-order valence-electron chi connectivity index (χ3n) is 5.90. The van der Waals surface area contributed by atoms with Gasteiger partial charge in [0.05, 0.1) is 12.7 Å². The summed E-state index contributed by atoms with van der Waals surface area (Å²) in [5.41, 5.74) is 6.90. The molecule has 0 radical (unpaired) electrons. The third kappa shape index (κ3) is 5.76. The molecule has 3 rings (SSSR count).